The van der Waals surface area contributed by atoms with E-state index in [0.717, 1.165) is 0 Å². The van der Waals surface area contributed by atoms with E-state index in [2.05, 4.69) is 4.98 Å². The molecule has 1 aromatic rings. The molecule has 1 aromatic heterocycles. The van der Waals surface area contributed by atoms with Crippen molar-refractivity contribution in [3.05, 3.63) is 28.4 Å². The van der Waals surface area contributed by atoms with Crippen LogP contribution < -0.4 is 0 Å². The van der Waals surface area contributed by atoms with Crippen molar-refractivity contribution in [1.82, 2.24) is 4.98 Å². The number of pyridine rings is 1. The Morgan fingerprint density at radius 2 is 2.33 bits per heavy atom. The summed E-state index contributed by atoms with van der Waals surface area (Å²) in [7, 11) is 2.89. The van der Waals surface area contributed by atoms with Gasteiger partial charge in [0.05, 0.1) is 4.92 Å². The van der Waals surface area contributed by atoms with Crippen LogP contribution in [0.1, 0.15) is 13.8 Å². The van der Waals surface area contributed by atoms with Gasteiger partial charge in [-0.25, -0.2) is 4.98 Å². The van der Waals surface area contributed by atoms with Gasteiger partial charge < -0.3 is 4.74 Å². The van der Waals surface area contributed by atoms with Crippen molar-refractivity contribution in [3.8, 4) is 0 Å². The van der Waals surface area contributed by atoms with Gasteiger partial charge in [0, 0.05) is 18.2 Å². The predicted molar refractivity (Wildman–Crippen MR) is 70.4 cm³/mol. The summed E-state index contributed by atoms with van der Waals surface area (Å²) >= 11 is 0. The first-order valence-corrected chi connectivity index (χ1v) is 7.27. The quantitative estimate of drug-likeness (QED) is 0.344. The lowest BCUT2D eigenvalue weighted by molar-refractivity contribution is -0.385. The Morgan fingerprint density at radius 3 is 2.83 bits per heavy atom. The second-order valence-electron chi connectivity index (χ2n) is 3.40. The summed E-state index contributed by atoms with van der Waals surface area (Å²) in [4.78, 5) is 24.5. The SMILES string of the molecule is CC(=O)OC[C@@H](C)SSc1ccc([N+](=O)[O-])cn1. The van der Waals surface area contributed by atoms with Crippen LogP contribution in [0.4, 0.5) is 5.69 Å². The Bertz CT molecular complexity index is 424. The molecule has 98 valence electrons. The smallest absolute Gasteiger partial charge is 0.302 e. The van der Waals surface area contributed by atoms with E-state index >= 15 is 0 Å². The van der Waals surface area contributed by atoms with E-state index < -0.39 is 4.92 Å². The lowest BCUT2D eigenvalue weighted by Crippen LogP contribution is -2.09. The van der Waals surface area contributed by atoms with Gasteiger partial charge in [-0.3, -0.25) is 14.9 Å². The van der Waals surface area contributed by atoms with Crippen LogP contribution >= 0.6 is 21.6 Å². The number of hydrogen-bond donors (Lipinski definition) is 0. The molecule has 0 radical (unpaired) electrons. The second kappa shape index (κ2) is 7.22. The maximum Gasteiger partial charge on any atom is 0.302 e. The number of aromatic nitrogens is 1. The Balaban J connectivity index is 2.39. The average Bonchev–Trinajstić information content (AvgIpc) is 2.34. The number of carbonyl (C=O) groups excluding carboxylic acids is 1. The van der Waals surface area contributed by atoms with Gasteiger partial charge in [-0.15, -0.1) is 0 Å². The van der Waals surface area contributed by atoms with Gasteiger partial charge in [-0.1, -0.05) is 10.8 Å². The van der Waals surface area contributed by atoms with Gasteiger partial charge in [-0.05, 0) is 23.8 Å². The Hall–Kier alpha value is -1.28. The number of ether oxygens (including phenoxy) is 1. The summed E-state index contributed by atoms with van der Waals surface area (Å²) < 4.78 is 4.86. The third kappa shape index (κ3) is 5.37. The molecule has 0 aromatic carbocycles. The van der Waals surface area contributed by atoms with E-state index in [1.165, 1.54) is 40.8 Å². The zero-order valence-corrected chi connectivity index (χ0v) is 11.5. The zero-order valence-electron chi connectivity index (χ0n) is 9.86. The van der Waals surface area contributed by atoms with Crippen LogP contribution in [0.25, 0.3) is 0 Å². The molecule has 0 saturated heterocycles. The lowest BCUT2D eigenvalue weighted by atomic mass is 10.4. The van der Waals surface area contributed by atoms with Gasteiger partial charge in [0.2, 0.25) is 0 Å². The number of hydrogen-bond acceptors (Lipinski definition) is 7. The monoisotopic (exact) mass is 288 g/mol. The fourth-order valence-corrected chi connectivity index (χ4v) is 2.78. The molecular formula is C10H12N2O4S2. The van der Waals surface area contributed by atoms with Crippen LogP contribution in [-0.2, 0) is 9.53 Å². The van der Waals surface area contributed by atoms with Crippen molar-refractivity contribution in [3.63, 3.8) is 0 Å². The topological polar surface area (TPSA) is 82.3 Å². The second-order valence-corrected chi connectivity index (χ2v) is 6.06. The first kappa shape index (κ1) is 14.8. The molecule has 0 fully saturated rings. The lowest BCUT2D eigenvalue weighted by Gasteiger charge is -2.09. The first-order chi connectivity index (χ1) is 8.49. The van der Waals surface area contributed by atoms with Crippen molar-refractivity contribution in [2.75, 3.05) is 6.61 Å². The third-order valence-electron chi connectivity index (χ3n) is 1.75. The Labute approximate surface area is 112 Å². The fourth-order valence-electron chi connectivity index (χ4n) is 0.924. The highest BCUT2D eigenvalue weighted by Crippen LogP contribution is 2.33. The standard InChI is InChI=1S/C10H12N2O4S2/c1-7(6-16-8(2)13)17-18-10-4-3-9(5-11-10)12(14)15/h3-5,7H,6H2,1-2H3/t7-/m1/s1. The minimum Gasteiger partial charge on any atom is -0.465 e. The number of esters is 1. The number of nitro groups is 1. The largest absolute Gasteiger partial charge is 0.465 e. The minimum absolute atomic E-state index is 0.0303. The minimum atomic E-state index is -0.488. The number of rotatable bonds is 6. The van der Waals surface area contributed by atoms with Gasteiger partial charge in [0.25, 0.3) is 5.69 Å². The van der Waals surface area contributed by atoms with Crippen molar-refractivity contribution < 1.29 is 14.5 Å². The van der Waals surface area contributed by atoms with Crippen molar-refractivity contribution in [2.24, 2.45) is 0 Å². The van der Waals surface area contributed by atoms with Crippen LogP contribution in [0.2, 0.25) is 0 Å². The summed E-state index contributed by atoms with van der Waals surface area (Å²) in [6, 6.07) is 3.00. The number of nitrogens with zero attached hydrogens (tertiary/aromatic N) is 2. The molecule has 1 atom stereocenters. The molecule has 1 heterocycles. The average molecular weight is 288 g/mol. The normalized spacial score (nSPS) is 11.9. The van der Waals surface area contributed by atoms with E-state index in [0.29, 0.717) is 11.6 Å². The molecule has 0 aliphatic rings. The van der Waals surface area contributed by atoms with Crippen LogP contribution in [0.3, 0.4) is 0 Å². The van der Waals surface area contributed by atoms with Crippen LogP contribution in [0, 0.1) is 10.1 Å². The van der Waals surface area contributed by atoms with E-state index in [1.807, 2.05) is 6.92 Å². The molecule has 0 bridgehead atoms. The zero-order chi connectivity index (χ0) is 13.5. The first-order valence-electron chi connectivity index (χ1n) is 5.06. The fraction of sp³-hybridized carbons (Fsp3) is 0.400. The van der Waals surface area contributed by atoms with Crippen molar-refractivity contribution in [2.45, 2.75) is 24.1 Å². The summed E-state index contributed by atoms with van der Waals surface area (Å²) in [5.74, 6) is -0.305. The highest BCUT2D eigenvalue weighted by atomic mass is 33.1. The third-order valence-corrected chi connectivity index (χ3v) is 4.51. The summed E-state index contributed by atoms with van der Waals surface area (Å²) in [5.41, 5.74) is -0.0303. The molecule has 8 heteroatoms. The number of carbonyl (C=O) groups is 1. The van der Waals surface area contributed by atoms with E-state index in [1.54, 1.807) is 6.07 Å². The predicted octanol–water partition coefficient (Wildman–Crippen LogP) is 2.68. The highest BCUT2D eigenvalue weighted by Gasteiger charge is 2.09. The van der Waals surface area contributed by atoms with E-state index in [-0.39, 0.29) is 16.9 Å². The molecular weight excluding hydrogens is 276 g/mol. The summed E-state index contributed by atoms with van der Waals surface area (Å²) in [5, 5.41) is 11.2. The maximum absolute atomic E-state index is 10.6. The molecule has 0 unspecified atom stereocenters. The van der Waals surface area contributed by atoms with Gasteiger partial charge >= 0.3 is 5.97 Å². The molecule has 1 rings (SSSR count). The van der Waals surface area contributed by atoms with Crippen LogP contribution in [0.15, 0.2) is 23.4 Å². The van der Waals surface area contributed by atoms with E-state index in [9.17, 15) is 14.9 Å². The Morgan fingerprint density at radius 1 is 1.61 bits per heavy atom. The maximum atomic E-state index is 10.6. The highest BCUT2D eigenvalue weighted by molar-refractivity contribution is 8.76. The molecule has 0 spiro atoms. The molecule has 18 heavy (non-hydrogen) atoms. The van der Waals surface area contributed by atoms with Gasteiger partial charge in [0.15, 0.2) is 0 Å². The summed E-state index contributed by atoms with van der Waals surface area (Å²) in [6.07, 6.45) is 1.22. The molecule has 0 saturated carbocycles. The molecule has 0 N–H and O–H groups in total. The molecule has 0 amide bonds. The van der Waals surface area contributed by atoms with Gasteiger partial charge in [0.1, 0.15) is 17.8 Å². The van der Waals surface area contributed by atoms with Crippen LogP contribution in [0.5, 0.6) is 0 Å². The van der Waals surface area contributed by atoms with E-state index in [4.69, 9.17) is 4.74 Å². The Kier molecular flexibility index (Phi) is 5.93. The van der Waals surface area contributed by atoms with Crippen molar-refractivity contribution in [1.29, 1.82) is 0 Å². The molecule has 0 aliphatic heterocycles. The molecule has 0 aliphatic carbocycles. The van der Waals surface area contributed by atoms with Crippen molar-refractivity contribution >= 4 is 33.2 Å². The van der Waals surface area contributed by atoms with Crippen LogP contribution in [-0.4, -0.2) is 27.7 Å². The summed E-state index contributed by atoms with van der Waals surface area (Å²) in [6.45, 7) is 3.62. The van der Waals surface area contributed by atoms with Gasteiger partial charge in [-0.2, -0.15) is 0 Å². The molecule has 6 nitrogen and oxygen atoms in total.